The van der Waals surface area contributed by atoms with Crippen LogP contribution in [0.5, 0.6) is 5.75 Å². The lowest BCUT2D eigenvalue weighted by Gasteiger charge is -2.10. The normalized spacial score (nSPS) is 12.8. The molecule has 2 nitrogen and oxygen atoms in total. The number of hydrogen-bond donors (Lipinski definition) is 2. The van der Waals surface area contributed by atoms with E-state index in [2.05, 4.69) is 6.92 Å². The van der Waals surface area contributed by atoms with Gasteiger partial charge in [-0.1, -0.05) is 25.5 Å². The summed E-state index contributed by atoms with van der Waals surface area (Å²) in [5.41, 5.74) is 6.87. The Labute approximate surface area is 73.0 Å². The average Bonchev–Trinajstić information content (AvgIpc) is 2.05. The van der Waals surface area contributed by atoms with Crippen molar-refractivity contribution in [2.24, 2.45) is 5.73 Å². The maximum absolute atomic E-state index is 9.17. The monoisotopic (exact) mass is 165 g/mol. The van der Waals surface area contributed by atoms with Crippen molar-refractivity contribution >= 4 is 0 Å². The van der Waals surface area contributed by atoms with Crippen molar-refractivity contribution in [3.63, 3.8) is 0 Å². The Kier molecular flexibility index (Phi) is 3.11. The summed E-state index contributed by atoms with van der Waals surface area (Å²) >= 11 is 0. The molecule has 0 aromatic heterocycles. The lowest BCUT2D eigenvalue weighted by molar-refractivity contribution is 0.473. The van der Waals surface area contributed by atoms with Crippen molar-refractivity contribution in [2.45, 2.75) is 25.8 Å². The highest BCUT2D eigenvalue weighted by Gasteiger charge is 2.03. The van der Waals surface area contributed by atoms with Crippen molar-refractivity contribution < 1.29 is 5.11 Å². The first-order chi connectivity index (χ1) is 5.74. The van der Waals surface area contributed by atoms with Crippen LogP contribution in [-0.2, 0) is 0 Å². The van der Waals surface area contributed by atoms with Gasteiger partial charge in [0.25, 0.3) is 0 Å². The third-order valence-corrected chi connectivity index (χ3v) is 1.90. The minimum Gasteiger partial charge on any atom is -0.508 e. The minimum atomic E-state index is 0.0575. The lowest BCUT2D eigenvalue weighted by Crippen LogP contribution is -2.09. The Morgan fingerprint density at radius 3 is 2.83 bits per heavy atom. The summed E-state index contributed by atoms with van der Waals surface area (Å²) in [7, 11) is 0. The Morgan fingerprint density at radius 1 is 1.50 bits per heavy atom. The fraction of sp³-hybridized carbons (Fsp3) is 0.400. The molecule has 1 aromatic rings. The van der Waals surface area contributed by atoms with Gasteiger partial charge in [0, 0.05) is 6.04 Å². The first-order valence-electron chi connectivity index (χ1n) is 4.28. The molecule has 1 atom stereocenters. The molecule has 12 heavy (non-hydrogen) atoms. The second-order valence-electron chi connectivity index (χ2n) is 2.99. The SMILES string of the molecule is CCC[C@H](N)c1cccc(O)c1. The first kappa shape index (κ1) is 9.07. The highest BCUT2D eigenvalue weighted by molar-refractivity contribution is 5.29. The average molecular weight is 165 g/mol. The zero-order valence-corrected chi connectivity index (χ0v) is 7.33. The molecule has 0 aliphatic rings. The molecule has 2 heteroatoms. The standard InChI is InChI=1S/C10H15NO/c1-2-4-10(11)8-5-3-6-9(12)7-8/h3,5-7,10,12H,2,4,11H2,1H3/t10-/m0/s1. The van der Waals surface area contributed by atoms with Crippen molar-refractivity contribution in [3.8, 4) is 5.75 Å². The van der Waals surface area contributed by atoms with Gasteiger partial charge in [0.2, 0.25) is 0 Å². The molecule has 1 rings (SSSR count). The number of benzene rings is 1. The highest BCUT2D eigenvalue weighted by Crippen LogP contribution is 2.19. The number of aromatic hydroxyl groups is 1. The number of phenols is 1. The van der Waals surface area contributed by atoms with Crippen LogP contribution in [0.1, 0.15) is 31.4 Å². The van der Waals surface area contributed by atoms with Crippen LogP contribution in [0.2, 0.25) is 0 Å². The van der Waals surface area contributed by atoms with E-state index in [1.54, 1.807) is 12.1 Å². The predicted molar refractivity (Wildman–Crippen MR) is 49.9 cm³/mol. The Morgan fingerprint density at radius 2 is 2.25 bits per heavy atom. The van der Waals surface area contributed by atoms with E-state index in [4.69, 9.17) is 5.73 Å². The molecule has 0 amide bonds. The molecule has 0 radical (unpaired) electrons. The van der Waals surface area contributed by atoms with Crippen LogP contribution >= 0.6 is 0 Å². The topological polar surface area (TPSA) is 46.2 Å². The molecular weight excluding hydrogens is 150 g/mol. The molecule has 0 aliphatic carbocycles. The van der Waals surface area contributed by atoms with Gasteiger partial charge in [-0.15, -0.1) is 0 Å². The second-order valence-corrected chi connectivity index (χ2v) is 2.99. The van der Waals surface area contributed by atoms with Gasteiger partial charge in [-0.3, -0.25) is 0 Å². The van der Waals surface area contributed by atoms with Gasteiger partial charge in [0.15, 0.2) is 0 Å². The maximum Gasteiger partial charge on any atom is 0.115 e. The Hall–Kier alpha value is -1.02. The van der Waals surface area contributed by atoms with Crippen molar-refractivity contribution in [1.29, 1.82) is 0 Å². The number of nitrogens with two attached hydrogens (primary N) is 1. The smallest absolute Gasteiger partial charge is 0.115 e. The van der Waals surface area contributed by atoms with Crippen LogP contribution in [0.15, 0.2) is 24.3 Å². The van der Waals surface area contributed by atoms with E-state index >= 15 is 0 Å². The maximum atomic E-state index is 9.17. The molecule has 0 heterocycles. The largest absolute Gasteiger partial charge is 0.508 e. The van der Waals surface area contributed by atoms with Gasteiger partial charge in [-0.25, -0.2) is 0 Å². The third-order valence-electron chi connectivity index (χ3n) is 1.90. The third kappa shape index (κ3) is 2.24. The van der Waals surface area contributed by atoms with Gasteiger partial charge in [0.05, 0.1) is 0 Å². The van der Waals surface area contributed by atoms with Gasteiger partial charge in [0.1, 0.15) is 5.75 Å². The van der Waals surface area contributed by atoms with Crippen LogP contribution in [0, 0.1) is 0 Å². The van der Waals surface area contributed by atoms with Crippen LogP contribution in [0.4, 0.5) is 0 Å². The van der Waals surface area contributed by atoms with E-state index in [1.165, 1.54) is 0 Å². The van der Waals surface area contributed by atoms with E-state index in [0.29, 0.717) is 5.75 Å². The molecule has 3 N–H and O–H groups in total. The fourth-order valence-corrected chi connectivity index (χ4v) is 1.23. The summed E-state index contributed by atoms with van der Waals surface area (Å²) in [6.45, 7) is 2.10. The lowest BCUT2D eigenvalue weighted by atomic mass is 10.0. The van der Waals surface area contributed by atoms with Crippen molar-refractivity contribution in [3.05, 3.63) is 29.8 Å². The van der Waals surface area contributed by atoms with E-state index < -0.39 is 0 Å². The molecule has 0 bridgehead atoms. The molecule has 66 valence electrons. The molecule has 0 unspecified atom stereocenters. The Bertz CT molecular complexity index is 247. The van der Waals surface area contributed by atoms with Crippen LogP contribution in [0.3, 0.4) is 0 Å². The molecule has 0 spiro atoms. The van der Waals surface area contributed by atoms with Gasteiger partial charge < -0.3 is 10.8 Å². The first-order valence-corrected chi connectivity index (χ1v) is 4.28. The number of rotatable bonds is 3. The van der Waals surface area contributed by atoms with E-state index in [0.717, 1.165) is 18.4 Å². The summed E-state index contributed by atoms with van der Waals surface area (Å²) in [4.78, 5) is 0. The molecule has 1 aromatic carbocycles. The van der Waals surface area contributed by atoms with E-state index in [9.17, 15) is 5.11 Å². The number of phenolic OH excluding ortho intramolecular Hbond substituents is 1. The fourth-order valence-electron chi connectivity index (χ4n) is 1.23. The Balaban J connectivity index is 2.73. The van der Waals surface area contributed by atoms with Gasteiger partial charge in [-0.2, -0.15) is 0 Å². The van der Waals surface area contributed by atoms with Crippen LogP contribution in [0.25, 0.3) is 0 Å². The molecule has 0 saturated carbocycles. The molecule has 0 fully saturated rings. The van der Waals surface area contributed by atoms with Gasteiger partial charge in [-0.05, 0) is 24.1 Å². The van der Waals surface area contributed by atoms with Crippen molar-refractivity contribution in [1.82, 2.24) is 0 Å². The zero-order chi connectivity index (χ0) is 8.97. The summed E-state index contributed by atoms with van der Waals surface area (Å²) in [6.07, 6.45) is 2.03. The molecule has 0 saturated heterocycles. The zero-order valence-electron chi connectivity index (χ0n) is 7.33. The van der Waals surface area contributed by atoms with Crippen molar-refractivity contribution in [2.75, 3.05) is 0 Å². The molecular formula is C10H15NO. The van der Waals surface area contributed by atoms with E-state index in [-0.39, 0.29) is 6.04 Å². The summed E-state index contributed by atoms with van der Waals surface area (Å²) in [5.74, 6) is 0.291. The highest BCUT2D eigenvalue weighted by atomic mass is 16.3. The van der Waals surface area contributed by atoms with E-state index in [1.807, 2.05) is 12.1 Å². The second kappa shape index (κ2) is 4.12. The quantitative estimate of drug-likeness (QED) is 0.721. The predicted octanol–water partition coefficient (Wildman–Crippen LogP) is 2.19. The summed E-state index contributed by atoms with van der Waals surface area (Å²) in [6, 6.07) is 7.20. The summed E-state index contributed by atoms with van der Waals surface area (Å²) < 4.78 is 0. The minimum absolute atomic E-state index is 0.0575. The van der Waals surface area contributed by atoms with Gasteiger partial charge >= 0.3 is 0 Å². The van der Waals surface area contributed by atoms with Crippen LogP contribution < -0.4 is 5.73 Å². The number of hydrogen-bond acceptors (Lipinski definition) is 2. The molecule has 0 aliphatic heterocycles. The van der Waals surface area contributed by atoms with Crippen LogP contribution in [-0.4, -0.2) is 5.11 Å². The summed E-state index contributed by atoms with van der Waals surface area (Å²) in [5, 5.41) is 9.17.